The maximum absolute atomic E-state index is 12.5. The second-order valence-electron chi connectivity index (χ2n) is 6.66. The molecule has 0 aromatic heterocycles. The molecule has 2 amide bonds. The highest BCUT2D eigenvalue weighted by atomic mass is 35.5. The second kappa shape index (κ2) is 11.6. The van der Waals surface area contributed by atoms with Crippen LogP contribution in [0.1, 0.15) is 12.5 Å². The molecule has 33 heavy (non-hydrogen) atoms. The Morgan fingerprint density at radius 1 is 1.24 bits per heavy atom. The zero-order valence-electron chi connectivity index (χ0n) is 17.6. The fourth-order valence-electron chi connectivity index (χ4n) is 2.87. The average molecular weight is 523 g/mol. The number of anilines is 1. The number of hydrogen-bond donors (Lipinski definition) is 1. The molecular weight excluding hydrogens is 503 g/mol. The van der Waals surface area contributed by atoms with Gasteiger partial charge < -0.3 is 14.8 Å². The van der Waals surface area contributed by atoms with Crippen LogP contribution < -0.4 is 14.8 Å². The highest BCUT2D eigenvalue weighted by molar-refractivity contribution is 8.26. The van der Waals surface area contributed by atoms with E-state index in [1.165, 1.54) is 16.7 Å². The summed E-state index contributed by atoms with van der Waals surface area (Å²) >= 11 is 18.6. The van der Waals surface area contributed by atoms with Crippen LogP contribution in [0.15, 0.2) is 54.0 Å². The third-order valence-corrected chi connectivity index (χ3v) is 6.53. The molecule has 0 aliphatic carbocycles. The summed E-state index contributed by atoms with van der Waals surface area (Å²) in [6.07, 6.45) is 3.37. The highest BCUT2D eigenvalue weighted by Gasteiger charge is 2.31. The number of amides is 2. The van der Waals surface area contributed by atoms with Gasteiger partial charge in [-0.1, -0.05) is 65.4 Å². The van der Waals surface area contributed by atoms with E-state index >= 15 is 0 Å². The van der Waals surface area contributed by atoms with Gasteiger partial charge in [0.2, 0.25) is 0 Å². The van der Waals surface area contributed by atoms with E-state index in [4.69, 9.17) is 44.9 Å². The third kappa shape index (κ3) is 6.29. The zero-order valence-corrected chi connectivity index (χ0v) is 20.7. The second-order valence-corrected chi connectivity index (χ2v) is 9.12. The molecule has 6 nitrogen and oxygen atoms in total. The number of rotatable bonds is 9. The fourth-order valence-corrected chi connectivity index (χ4v) is 4.49. The van der Waals surface area contributed by atoms with Crippen LogP contribution >= 0.6 is 47.2 Å². The third-order valence-electron chi connectivity index (χ3n) is 4.34. The van der Waals surface area contributed by atoms with Crippen LogP contribution in [-0.2, 0) is 9.59 Å². The van der Waals surface area contributed by atoms with Crippen LogP contribution in [0.3, 0.4) is 0 Å². The molecule has 10 heteroatoms. The lowest BCUT2D eigenvalue weighted by molar-refractivity contribution is -0.121. The molecule has 2 aromatic carbocycles. The van der Waals surface area contributed by atoms with Crippen LogP contribution in [0.5, 0.6) is 11.5 Å². The van der Waals surface area contributed by atoms with Crippen LogP contribution in [0.25, 0.3) is 6.08 Å². The van der Waals surface area contributed by atoms with Gasteiger partial charge in [0.15, 0.2) is 18.1 Å². The molecule has 0 bridgehead atoms. The van der Waals surface area contributed by atoms with Crippen LogP contribution in [0.4, 0.5) is 5.69 Å². The van der Waals surface area contributed by atoms with E-state index in [1.807, 2.05) is 6.92 Å². The van der Waals surface area contributed by atoms with Gasteiger partial charge in [0.25, 0.3) is 11.8 Å². The number of halogens is 2. The van der Waals surface area contributed by atoms with Crippen molar-refractivity contribution >= 4 is 75.1 Å². The van der Waals surface area contributed by atoms with E-state index in [0.29, 0.717) is 44.6 Å². The Hall–Kier alpha value is -2.52. The number of nitrogens with zero attached hydrogens (tertiary/aromatic N) is 1. The summed E-state index contributed by atoms with van der Waals surface area (Å²) in [5.74, 6) is 0.262. The largest absolute Gasteiger partial charge is 0.490 e. The highest BCUT2D eigenvalue weighted by Crippen LogP contribution is 2.35. The van der Waals surface area contributed by atoms with Crippen molar-refractivity contribution in [2.24, 2.45) is 0 Å². The van der Waals surface area contributed by atoms with Crippen molar-refractivity contribution < 1.29 is 19.1 Å². The summed E-state index contributed by atoms with van der Waals surface area (Å²) in [5.41, 5.74) is 1.13. The minimum Gasteiger partial charge on any atom is -0.490 e. The molecule has 2 aromatic rings. The van der Waals surface area contributed by atoms with Gasteiger partial charge in [-0.15, -0.1) is 6.58 Å². The minimum atomic E-state index is -0.406. The molecule has 1 aliphatic rings. The number of hydrogen-bond acceptors (Lipinski definition) is 6. The molecule has 1 aliphatic heterocycles. The summed E-state index contributed by atoms with van der Waals surface area (Å²) < 4.78 is 11.8. The molecule has 0 saturated carbocycles. The van der Waals surface area contributed by atoms with Gasteiger partial charge in [0.1, 0.15) is 4.32 Å². The fraction of sp³-hybridized carbons (Fsp3) is 0.174. The molecule has 0 atom stereocenters. The smallest absolute Gasteiger partial charge is 0.266 e. The van der Waals surface area contributed by atoms with Crippen molar-refractivity contribution in [1.29, 1.82) is 0 Å². The number of carbonyl (C=O) groups excluding carboxylic acids is 2. The zero-order chi connectivity index (χ0) is 24.0. The van der Waals surface area contributed by atoms with Crippen molar-refractivity contribution in [2.45, 2.75) is 6.92 Å². The number of nitrogens with one attached hydrogen (secondary N) is 1. The van der Waals surface area contributed by atoms with Crippen molar-refractivity contribution in [2.75, 3.05) is 25.1 Å². The standard InChI is InChI=1S/C23H20Cl2N2O4S2/c1-3-10-27-22(29)19(33-23(27)32)12-14-8-9-17(18(11-14)30-4-2)31-13-20(28)26-16-7-5-6-15(24)21(16)25/h3,5-9,11-12H,1,4,10,13H2,2H3,(H,26,28)/b19-12-. The maximum Gasteiger partial charge on any atom is 0.266 e. The first-order chi connectivity index (χ1) is 15.8. The van der Waals surface area contributed by atoms with Gasteiger partial charge in [-0.25, -0.2) is 0 Å². The number of carbonyl (C=O) groups is 2. The lowest BCUT2D eigenvalue weighted by Gasteiger charge is -2.13. The minimum absolute atomic E-state index is 0.167. The normalized spacial score (nSPS) is 14.5. The first-order valence-corrected chi connectivity index (χ1v) is 11.8. The van der Waals surface area contributed by atoms with Crippen molar-refractivity contribution in [3.8, 4) is 11.5 Å². The van der Waals surface area contributed by atoms with Gasteiger partial charge in [-0.2, -0.15) is 0 Å². The Morgan fingerprint density at radius 3 is 2.76 bits per heavy atom. The number of benzene rings is 2. The van der Waals surface area contributed by atoms with E-state index in [9.17, 15) is 9.59 Å². The van der Waals surface area contributed by atoms with E-state index in [-0.39, 0.29) is 17.5 Å². The van der Waals surface area contributed by atoms with E-state index in [1.54, 1.807) is 48.6 Å². The molecule has 0 unspecified atom stereocenters. The Morgan fingerprint density at radius 2 is 2.03 bits per heavy atom. The first kappa shape index (κ1) is 25.1. The van der Waals surface area contributed by atoms with Crippen molar-refractivity contribution in [3.05, 3.63) is 69.6 Å². The van der Waals surface area contributed by atoms with Gasteiger partial charge in [0, 0.05) is 6.54 Å². The summed E-state index contributed by atoms with van der Waals surface area (Å²) in [5, 5.41) is 3.25. The first-order valence-electron chi connectivity index (χ1n) is 9.83. The molecule has 0 spiro atoms. The summed E-state index contributed by atoms with van der Waals surface area (Å²) in [4.78, 5) is 26.9. The Labute approximate surface area is 211 Å². The molecule has 1 N–H and O–H groups in total. The Bertz CT molecular complexity index is 1140. The quantitative estimate of drug-likeness (QED) is 0.255. The number of thioether (sulfide) groups is 1. The number of thiocarbonyl (C=S) groups is 1. The molecule has 1 fully saturated rings. The van der Waals surface area contributed by atoms with Crippen molar-refractivity contribution in [1.82, 2.24) is 4.90 Å². The molecule has 3 rings (SSSR count). The monoisotopic (exact) mass is 522 g/mol. The van der Waals surface area contributed by atoms with Gasteiger partial charge >= 0.3 is 0 Å². The topological polar surface area (TPSA) is 67.9 Å². The Balaban J connectivity index is 1.72. The van der Waals surface area contributed by atoms with Crippen LogP contribution in [0, 0.1) is 0 Å². The summed E-state index contributed by atoms with van der Waals surface area (Å²) in [6, 6.07) is 10.1. The van der Waals surface area contributed by atoms with Gasteiger partial charge in [-0.3, -0.25) is 14.5 Å². The van der Waals surface area contributed by atoms with E-state index in [2.05, 4.69) is 11.9 Å². The molecular formula is C23H20Cl2N2O4S2. The van der Waals surface area contributed by atoms with Gasteiger partial charge in [0.05, 0.1) is 27.2 Å². The van der Waals surface area contributed by atoms with Gasteiger partial charge in [-0.05, 0) is 42.8 Å². The number of ether oxygens (including phenoxy) is 2. The maximum atomic E-state index is 12.5. The average Bonchev–Trinajstić information content (AvgIpc) is 3.04. The van der Waals surface area contributed by atoms with E-state index < -0.39 is 5.91 Å². The lowest BCUT2D eigenvalue weighted by Crippen LogP contribution is -2.27. The lowest BCUT2D eigenvalue weighted by atomic mass is 10.2. The molecule has 0 radical (unpaired) electrons. The summed E-state index contributed by atoms with van der Waals surface area (Å²) in [6.45, 7) is 5.99. The predicted octanol–water partition coefficient (Wildman–Crippen LogP) is 5.80. The van der Waals surface area contributed by atoms with Crippen LogP contribution in [-0.4, -0.2) is 40.8 Å². The molecule has 172 valence electrons. The molecule has 1 heterocycles. The molecule has 1 saturated heterocycles. The van der Waals surface area contributed by atoms with Crippen LogP contribution in [0.2, 0.25) is 10.0 Å². The van der Waals surface area contributed by atoms with E-state index in [0.717, 1.165) is 5.56 Å². The summed E-state index contributed by atoms with van der Waals surface area (Å²) in [7, 11) is 0. The Kier molecular flexibility index (Phi) is 8.80. The predicted molar refractivity (Wildman–Crippen MR) is 138 cm³/mol. The van der Waals surface area contributed by atoms with Crippen molar-refractivity contribution in [3.63, 3.8) is 0 Å². The SMILES string of the molecule is C=CCN1C(=O)/C(=C/c2ccc(OCC(=O)Nc3cccc(Cl)c3Cl)c(OCC)c2)SC1=S.